The second-order valence-corrected chi connectivity index (χ2v) is 2.94. The van der Waals surface area contributed by atoms with E-state index in [4.69, 9.17) is 11.6 Å². The Kier molecular flexibility index (Phi) is 2.33. The van der Waals surface area contributed by atoms with Gasteiger partial charge in [0.25, 0.3) is 5.56 Å². The van der Waals surface area contributed by atoms with Crippen molar-refractivity contribution in [2.45, 2.75) is 6.92 Å². The lowest BCUT2D eigenvalue weighted by molar-refractivity contribution is 0.112. The van der Waals surface area contributed by atoms with Crippen molar-refractivity contribution in [3.8, 4) is 0 Å². The maximum absolute atomic E-state index is 11.2. The quantitative estimate of drug-likeness (QED) is 0.616. The molecule has 0 aromatic carbocycles. The zero-order chi connectivity index (χ0) is 9.30. The molecule has 0 aliphatic heterocycles. The first-order valence-electron chi connectivity index (χ1n) is 3.39. The van der Waals surface area contributed by atoms with E-state index in [2.05, 4.69) is 0 Å². The van der Waals surface area contributed by atoms with Crippen molar-refractivity contribution < 1.29 is 4.79 Å². The average Bonchev–Trinajstić information content (AvgIpc) is 2.08. The second kappa shape index (κ2) is 3.11. The second-order valence-electron chi connectivity index (χ2n) is 2.56. The SMILES string of the molecule is Cc1c(Cl)c(C=O)cn(C)c1=O. The highest BCUT2D eigenvalue weighted by molar-refractivity contribution is 6.33. The minimum absolute atomic E-state index is 0.175. The van der Waals surface area contributed by atoms with Crippen LogP contribution in [0.5, 0.6) is 0 Å². The van der Waals surface area contributed by atoms with Gasteiger partial charge in [-0.25, -0.2) is 0 Å². The maximum Gasteiger partial charge on any atom is 0.254 e. The molecule has 1 aromatic rings. The molecule has 0 aliphatic carbocycles. The van der Waals surface area contributed by atoms with Gasteiger partial charge in [0.15, 0.2) is 6.29 Å². The number of nitrogens with zero attached hydrogens (tertiary/aromatic N) is 1. The molecule has 1 rings (SSSR count). The Morgan fingerprint density at radius 2 is 2.17 bits per heavy atom. The number of hydrogen-bond donors (Lipinski definition) is 0. The van der Waals surface area contributed by atoms with Crippen LogP contribution in [0.2, 0.25) is 5.02 Å². The van der Waals surface area contributed by atoms with Gasteiger partial charge in [0.05, 0.1) is 5.02 Å². The van der Waals surface area contributed by atoms with E-state index in [9.17, 15) is 9.59 Å². The summed E-state index contributed by atoms with van der Waals surface area (Å²) in [7, 11) is 1.58. The van der Waals surface area contributed by atoms with Crippen LogP contribution in [0.15, 0.2) is 11.0 Å². The zero-order valence-electron chi connectivity index (χ0n) is 6.80. The molecule has 0 bridgehead atoms. The van der Waals surface area contributed by atoms with E-state index in [-0.39, 0.29) is 10.6 Å². The van der Waals surface area contributed by atoms with Gasteiger partial charge >= 0.3 is 0 Å². The van der Waals surface area contributed by atoms with Crippen molar-refractivity contribution >= 4 is 17.9 Å². The number of pyridine rings is 1. The van der Waals surface area contributed by atoms with E-state index in [0.29, 0.717) is 17.4 Å². The van der Waals surface area contributed by atoms with Crippen LogP contribution in [0, 0.1) is 6.92 Å². The molecule has 0 amide bonds. The Hall–Kier alpha value is -1.09. The maximum atomic E-state index is 11.2. The third kappa shape index (κ3) is 1.28. The molecule has 4 heteroatoms. The number of aldehydes is 1. The Balaban J connectivity index is 3.60. The highest BCUT2D eigenvalue weighted by atomic mass is 35.5. The molecule has 12 heavy (non-hydrogen) atoms. The minimum Gasteiger partial charge on any atom is -0.318 e. The molecule has 0 N–H and O–H groups in total. The summed E-state index contributed by atoms with van der Waals surface area (Å²) in [4.78, 5) is 21.7. The number of carbonyl (C=O) groups excluding carboxylic acids is 1. The summed E-state index contributed by atoms with van der Waals surface area (Å²) in [6, 6.07) is 0. The van der Waals surface area contributed by atoms with Crippen molar-refractivity contribution in [2.75, 3.05) is 0 Å². The molecule has 0 atom stereocenters. The summed E-state index contributed by atoms with van der Waals surface area (Å²) in [5.41, 5.74) is 0.575. The van der Waals surface area contributed by atoms with Crippen molar-refractivity contribution in [1.29, 1.82) is 0 Å². The highest BCUT2D eigenvalue weighted by Crippen LogP contribution is 2.14. The number of halogens is 1. The molecular formula is C8H8ClNO2. The van der Waals surface area contributed by atoms with Gasteiger partial charge in [0, 0.05) is 24.4 Å². The molecule has 0 unspecified atom stereocenters. The molecule has 1 aromatic heterocycles. The molecular weight excluding hydrogens is 178 g/mol. The molecule has 0 saturated carbocycles. The molecule has 1 heterocycles. The van der Waals surface area contributed by atoms with Crippen LogP contribution in [0.25, 0.3) is 0 Å². The third-order valence-corrected chi connectivity index (χ3v) is 2.19. The number of aryl methyl sites for hydroxylation is 1. The minimum atomic E-state index is -0.175. The van der Waals surface area contributed by atoms with Gasteiger partial charge in [0.2, 0.25) is 0 Å². The van der Waals surface area contributed by atoms with Gasteiger partial charge in [-0.1, -0.05) is 11.6 Å². The van der Waals surface area contributed by atoms with Crippen LogP contribution in [0.3, 0.4) is 0 Å². The van der Waals surface area contributed by atoms with Gasteiger partial charge in [-0.15, -0.1) is 0 Å². The van der Waals surface area contributed by atoms with Crippen molar-refractivity contribution in [3.05, 3.63) is 32.7 Å². The van der Waals surface area contributed by atoms with Gasteiger partial charge in [0.1, 0.15) is 0 Å². The van der Waals surface area contributed by atoms with Gasteiger partial charge in [-0.3, -0.25) is 9.59 Å². The van der Waals surface area contributed by atoms with E-state index >= 15 is 0 Å². The summed E-state index contributed by atoms with van der Waals surface area (Å²) < 4.78 is 1.34. The Morgan fingerprint density at radius 1 is 1.58 bits per heavy atom. The van der Waals surface area contributed by atoms with E-state index in [1.54, 1.807) is 14.0 Å². The largest absolute Gasteiger partial charge is 0.318 e. The zero-order valence-corrected chi connectivity index (χ0v) is 7.55. The summed E-state index contributed by atoms with van der Waals surface area (Å²) in [6.45, 7) is 1.59. The Morgan fingerprint density at radius 3 is 2.67 bits per heavy atom. The molecule has 3 nitrogen and oxygen atoms in total. The van der Waals surface area contributed by atoms with Crippen LogP contribution >= 0.6 is 11.6 Å². The fourth-order valence-corrected chi connectivity index (χ4v) is 1.16. The first-order chi connectivity index (χ1) is 5.57. The fraction of sp³-hybridized carbons (Fsp3) is 0.250. The molecule has 0 saturated heterocycles. The number of aromatic nitrogens is 1. The topological polar surface area (TPSA) is 39.1 Å². The van der Waals surface area contributed by atoms with Gasteiger partial charge in [-0.05, 0) is 6.92 Å². The summed E-state index contributed by atoms with van der Waals surface area (Å²) in [5.74, 6) is 0. The van der Waals surface area contributed by atoms with E-state index in [1.165, 1.54) is 10.8 Å². The molecule has 64 valence electrons. The molecule has 0 fully saturated rings. The van der Waals surface area contributed by atoms with Crippen molar-refractivity contribution in [2.24, 2.45) is 7.05 Å². The van der Waals surface area contributed by atoms with E-state index in [0.717, 1.165) is 0 Å². The average molecular weight is 186 g/mol. The van der Waals surface area contributed by atoms with Gasteiger partial charge in [-0.2, -0.15) is 0 Å². The summed E-state index contributed by atoms with van der Waals surface area (Å²) >= 11 is 5.73. The molecule has 0 aliphatic rings. The predicted octanol–water partition coefficient (Wildman–Crippen LogP) is 1.16. The van der Waals surface area contributed by atoms with Crippen LogP contribution in [0.1, 0.15) is 15.9 Å². The van der Waals surface area contributed by atoms with Crippen LogP contribution < -0.4 is 5.56 Å². The molecule has 0 spiro atoms. The Bertz CT molecular complexity index is 381. The molecule has 0 radical (unpaired) electrons. The van der Waals surface area contributed by atoms with Crippen LogP contribution in [0.4, 0.5) is 0 Å². The lowest BCUT2D eigenvalue weighted by Gasteiger charge is -2.03. The first-order valence-corrected chi connectivity index (χ1v) is 3.76. The summed E-state index contributed by atoms with van der Waals surface area (Å²) in [6.07, 6.45) is 2.06. The fourth-order valence-electron chi connectivity index (χ4n) is 0.981. The predicted molar refractivity (Wildman–Crippen MR) is 46.8 cm³/mol. The standard InChI is InChI=1S/C8H8ClNO2/c1-5-7(9)6(4-11)3-10(2)8(5)12/h3-4H,1-2H3. The van der Waals surface area contributed by atoms with Crippen molar-refractivity contribution in [3.63, 3.8) is 0 Å². The monoisotopic (exact) mass is 185 g/mol. The summed E-state index contributed by atoms with van der Waals surface area (Å²) in [5, 5.41) is 0.244. The highest BCUT2D eigenvalue weighted by Gasteiger charge is 2.07. The van der Waals surface area contributed by atoms with E-state index in [1.807, 2.05) is 0 Å². The van der Waals surface area contributed by atoms with Crippen LogP contribution in [-0.2, 0) is 7.05 Å². The number of hydrogen-bond acceptors (Lipinski definition) is 2. The van der Waals surface area contributed by atoms with Crippen molar-refractivity contribution in [1.82, 2.24) is 4.57 Å². The lowest BCUT2D eigenvalue weighted by atomic mass is 10.2. The third-order valence-electron chi connectivity index (χ3n) is 1.68. The normalized spacial score (nSPS) is 9.92. The Labute approximate surface area is 74.6 Å². The number of carbonyl (C=O) groups is 1. The number of rotatable bonds is 1. The first kappa shape index (κ1) is 9.00. The van der Waals surface area contributed by atoms with Gasteiger partial charge < -0.3 is 4.57 Å². The van der Waals surface area contributed by atoms with E-state index < -0.39 is 0 Å². The van der Waals surface area contributed by atoms with Crippen LogP contribution in [-0.4, -0.2) is 10.9 Å². The lowest BCUT2D eigenvalue weighted by Crippen LogP contribution is -2.20. The smallest absolute Gasteiger partial charge is 0.254 e.